The van der Waals surface area contributed by atoms with Gasteiger partial charge in [0.05, 0.1) is 11.0 Å². The van der Waals surface area contributed by atoms with E-state index in [1.807, 2.05) is 0 Å². The maximum absolute atomic E-state index is 11.6. The van der Waals surface area contributed by atoms with Gasteiger partial charge < -0.3 is 15.5 Å². The Hall–Kier alpha value is -1.27. The van der Waals surface area contributed by atoms with Crippen molar-refractivity contribution < 1.29 is 18.6 Å². The molecule has 1 fully saturated rings. The normalized spacial score (nSPS) is 22.1. The van der Waals surface area contributed by atoms with E-state index in [1.165, 1.54) is 12.1 Å². The first-order chi connectivity index (χ1) is 8.49. The molecule has 0 spiro atoms. The lowest BCUT2D eigenvalue weighted by molar-refractivity contribution is 0.403. The van der Waals surface area contributed by atoms with Crippen LogP contribution < -0.4 is 5.32 Å². The molecular formula is C12H17NO4S. The van der Waals surface area contributed by atoms with Crippen molar-refractivity contribution in [2.24, 2.45) is 0 Å². The Balaban J connectivity index is 1.87. The van der Waals surface area contributed by atoms with Gasteiger partial charge >= 0.3 is 0 Å². The lowest BCUT2D eigenvalue weighted by atomic mass is 10.2. The largest absolute Gasteiger partial charge is 0.504 e. The van der Waals surface area contributed by atoms with Crippen LogP contribution in [0, 0.1) is 0 Å². The highest BCUT2D eigenvalue weighted by atomic mass is 32.2. The van der Waals surface area contributed by atoms with Gasteiger partial charge in [-0.3, -0.25) is 0 Å². The molecule has 5 nitrogen and oxygen atoms in total. The molecule has 0 bridgehead atoms. The van der Waals surface area contributed by atoms with Crippen LogP contribution in [0.25, 0.3) is 0 Å². The number of sulfone groups is 1. The molecule has 18 heavy (non-hydrogen) atoms. The second kappa shape index (κ2) is 5.16. The number of aromatic hydroxyl groups is 2. The first kappa shape index (κ1) is 13.2. The van der Waals surface area contributed by atoms with Crippen LogP contribution >= 0.6 is 0 Å². The van der Waals surface area contributed by atoms with E-state index in [-0.39, 0.29) is 16.7 Å². The molecule has 0 saturated carbocycles. The molecule has 1 atom stereocenters. The van der Waals surface area contributed by atoms with Gasteiger partial charge in [-0.15, -0.1) is 0 Å². The number of phenols is 2. The lowest BCUT2D eigenvalue weighted by Gasteiger charge is -2.11. The van der Waals surface area contributed by atoms with Gasteiger partial charge in [0.1, 0.15) is 0 Å². The third kappa shape index (κ3) is 2.94. The molecule has 1 aromatic carbocycles. The second-order valence-corrected chi connectivity index (χ2v) is 6.99. The standard InChI is InChI=1S/C12H17NO4S/c14-11-4-3-9(6-12(11)15)7-13-8-10-2-1-5-18(10,16)17/h3-4,6,10,13-15H,1-2,5,7-8H2. The summed E-state index contributed by atoms with van der Waals surface area (Å²) in [5, 5.41) is 21.3. The fourth-order valence-corrected chi connectivity index (χ4v) is 3.94. The second-order valence-electron chi connectivity index (χ2n) is 4.59. The summed E-state index contributed by atoms with van der Waals surface area (Å²) in [5.74, 6) is -0.0285. The monoisotopic (exact) mass is 271 g/mol. The van der Waals surface area contributed by atoms with E-state index in [1.54, 1.807) is 6.07 Å². The molecule has 100 valence electrons. The number of benzene rings is 1. The molecule has 1 aromatic rings. The van der Waals surface area contributed by atoms with Gasteiger partial charge in [0.2, 0.25) is 0 Å². The van der Waals surface area contributed by atoms with Crippen molar-refractivity contribution in [3.05, 3.63) is 23.8 Å². The van der Waals surface area contributed by atoms with Gasteiger partial charge in [-0.2, -0.15) is 0 Å². The minimum Gasteiger partial charge on any atom is -0.504 e. The van der Waals surface area contributed by atoms with E-state index in [0.717, 1.165) is 18.4 Å². The summed E-state index contributed by atoms with van der Waals surface area (Å²) in [6, 6.07) is 4.56. The molecular weight excluding hydrogens is 254 g/mol. The third-order valence-electron chi connectivity index (χ3n) is 3.20. The summed E-state index contributed by atoms with van der Waals surface area (Å²) in [5.41, 5.74) is 0.806. The summed E-state index contributed by atoms with van der Waals surface area (Å²) in [7, 11) is -2.91. The van der Waals surface area contributed by atoms with Gasteiger partial charge in [-0.25, -0.2) is 8.42 Å². The molecule has 1 aliphatic rings. The van der Waals surface area contributed by atoms with Crippen molar-refractivity contribution in [3.8, 4) is 11.5 Å². The van der Waals surface area contributed by atoms with E-state index >= 15 is 0 Å². The fraction of sp³-hybridized carbons (Fsp3) is 0.500. The molecule has 3 N–H and O–H groups in total. The number of rotatable bonds is 4. The minimum absolute atomic E-state index is 0.155. The fourth-order valence-electron chi connectivity index (χ4n) is 2.14. The zero-order valence-electron chi connectivity index (χ0n) is 9.96. The predicted molar refractivity (Wildman–Crippen MR) is 68.3 cm³/mol. The number of phenolic OH excluding ortho intramolecular Hbond substituents is 2. The lowest BCUT2D eigenvalue weighted by Crippen LogP contribution is -2.30. The summed E-state index contributed by atoms with van der Waals surface area (Å²) in [6.45, 7) is 0.907. The molecule has 0 aliphatic carbocycles. The smallest absolute Gasteiger partial charge is 0.157 e. The van der Waals surface area contributed by atoms with E-state index in [9.17, 15) is 13.5 Å². The third-order valence-corrected chi connectivity index (χ3v) is 5.48. The summed E-state index contributed by atoms with van der Waals surface area (Å²) >= 11 is 0. The van der Waals surface area contributed by atoms with Gasteiger partial charge in [0, 0.05) is 13.1 Å². The highest BCUT2D eigenvalue weighted by Crippen LogP contribution is 2.25. The molecule has 1 heterocycles. The number of nitrogens with one attached hydrogen (secondary N) is 1. The predicted octanol–water partition coefficient (Wildman–Crippen LogP) is 0.765. The van der Waals surface area contributed by atoms with Gasteiger partial charge in [-0.05, 0) is 30.5 Å². The van der Waals surface area contributed by atoms with E-state index in [0.29, 0.717) is 18.8 Å². The Labute approximate surface area is 106 Å². The van der Waals surface area contributed by atoms with Crippen molar-refractivity contribution in [2.45, 2.75) is 24.6 Å². The van der Waals surface area contributed by atoms with Crippen LogP contribution in [0.5, 0.6) is 11.5 Å². The quantitative estimate of drug-likeness (QED) is 0.704. The Bertz CT molecular complexity index is 527. The minimum atomic E-state index is -2.91. The maximum Gasteiger partial charge on any atom is 0.157 e. The van der Waals surface area contributed by atoms with Crippen LogP contribution in [-0.4, -0.2) is 36.2 Å². The summed E-state index contributed by atoms with van der Waals surface area (Å²) in [6.07, 6.45) is 1.46. The van der Waals surface area contributed by atoms with Crippen LogP contribution in [-0.2, 0) is 16.4 Å². The van der Waals surface area contributed by atoms with Crippen molar-refractivity contribution in [2.75, 3.05) is 12.3 Å². The Kier molecular flexibility index (Phi) is 3.77. The molecule has 2 rings (SSSR count). The van der Waals surface area contributed by atoms with E-state index in [4.69, 9.17) is 5.11 Å². The van der Waals surface area contributed by atoms with E-state index in [2.05, 4.69) is 5.32 Å². The highest BCUT2D eigenvalue weighted by Gasteiger charge is 2.30. The van der Waals surface area contributed by atoms with Gasteiger partial charge in [-0.1, -0.05) is 6.07 Å². The van der Waals surface area contributed by atoms with Gasteiger partial charge in [0.15, 0.2) is 21.3 Å². The zero-order chi connectivity index (χ0) is 13.2. The van der Waals surface area contributed by atoms with Crippen LogP contribution in [0.3, 0.4) is 0 Å². The maximum atomic E-state index is 11.6. The molecule has 0 aromatic heterocycles. The Morgan fingerprint density at radius 2 is 2.06 bits per heavy atom. The van der Waals surface area contributed by atoms with Crippen molar-refractivity contribution in [1.82, 2.24) is 5.32 Å². The Morgan fingerprint density at radius 3 is 2.67 bits per heavy atom. The molecule has 0 amide bonds. The van der Waals surface area contributed by atoms with Crippen LogP contribution in [0.4, 0.5) is 0 Å². The molecule has 1 unspecified atom stereocenters. The van der Waals surface area contributed by atoms with Crippen LogP contribution in [0.2, 0.25) is 0 Å². The molecule has 6 heteroatoms. The average Bonchev–Trinajstić information content (AvgIpc) is 2.63. The zero-order valence-corrected chi connectivity index (χ0v) is 10.8. The molecule has 0 radical (unpaired) electrons. The Morgan fingerprint density at radius 1 is 1.28 bits per heavy atom. The van der Waals surface area contributed by atoms with Crippen molar-refractivity contribution in [3.63, 3.8) is 0 Å². The molecule has 1 aliphatic heterocycles. The van der Waals surface area contributed by atoms with Crippen molar-refractivity contribution in [1.29, 1.82) is 0 Å². The SMILES string of the molecule is O=S1(=O)CCCC1CNCc1ccc(O)c(O)c1. The molecule has 1 saturated heterocycles. The van der Waals surface area contributed by atoms with Gasteiger partial charge in [0.25, 0.3) is 0 Å². The first-order valence-electron chi connectivity index (χ1n) is 5.92. The van der Waals surface area contributed by atoms with E-state index < -0.39 is 9.84 Å². The average molecular weight is 271 g/mol. The summed E-state index contributed by atoms with van der Waals surface area (Å²) < 4.78 is 23.2. The van der Waals surface area contributed by atoms with Crippen LogP contribution in [0.15, 0.2) is 18.2 Å². The highest BCUT2D eigenvalue weighted by molar-refractivity contribution is 7.92. The topological polar surface area (TPSA) is 86.6 Å². The van der Waals surface area contributed by atoms with Crippen LogP contribution in [0.1, 0.15) is 18.4 Å². The summed E-state index contributed by atoms with van der Waals surface area (Å²) in [4.78, 5) is 0. The van der Waals surface area contributed by atoms with Crippen molar-refractivity contribution >= 4 is 9.84 Å². The number of hydrogen-bond donors (Lipinski definition) is 3. The number of hydrogen-bond acceptors (Lipinski definition) is 5. The first-order valence-corrected chi connectivity index (χ1v) is 7.64.